The smallest absolute Gasteiger partial charge is 0.123 e. The Hall–Kier alpha value is -1.88. The molecule has 1 atom stereocenters. The van der Waals surface area contributed by atoms with Gasteiger partial charge in [-0.2, -0.15) is 5.10 Å². The van der Waals surface area contributed by atoms with Crippen molar-refractivity contribution < 1.29 is 4.74 Å². The van der Waals surface area contributed by atoms with Gasteiger partial charge in [-0.25, -0.2) is 4.98 Å². The number of hydrogen-bond donors (Lipinski definition) is 2. The zero-order valence-corrected chi connectivity index (χ0v) is 10.3. The molecule has 1 aliphatic heterocycles. The van der Waals surface area contributed by atoms with Crippen molar-refractivity contribution in [3.05, 3.63) is 29.6 Å². The molecule has 0 radical (unpaired) electrons. The molecule has 0 saturated heterocycles. The molecule has 5 nitrogen and oxygen atoms in total. The minimum absolute atomic E-state index is 0.238. The van der Waals surface area contributed by atoms with Crippen molar-refractivity contribution >= 4 is 5.82 Å². The number of fused-ring (bicyclic) bond motifs is 1. The highest BCUT2D eigenvalue weighted by atomic mass is 16.5. The summed E-state index contributed by atoms with van der Waals surface area (Å²) in [6, 6.07) is 3.79. The summed E-state index contributed by atoms with van der Waals surface area (Å²) in [4.78, 5) is 4.01. The van der Waals surface area contributed by atoms with E-state index < -0.39 is 0 Å². The van der Waals surface area contributed by atoms with Gasteiger partial charge in [-0.3, -0.25) is 5.10 Å². The number of ether oxygens (including phenoxy) is 1. The minimum Gasteiger partial charge on any atom is -0.384 e. The van der Waals surface area contributed by atoms with Gasteiger partial charge in [0.05, 0.1) is 18.4 Å². The summed E-state index contributed by atoms with van der Waals surface area (Å²) in [6.45, 7) is 2.82. The Bertz CT molecular complexity index is 564. The maximum atomic E-state index is 5.72. The first-order chi connectivity index (χ1) is 8.74. The lowest BCUT2D eigenvalue weighted by molar-refractivity contribution is 0.0737. The molecule has 3 heterocycles. The summed E-state index contributed by atoms with van der Waals surface area (Å²) in [7, 11) is 0. The topological polar surface area (TPSA) is 76.8 Å². The van der Waals surface area contributed by atoms with E-state index in [1.165, 1.54) is 11.3 Å². The maximum absolute atomic E-state index is 5.72. The molecule has 2 aromatic rings. The molecule has 94 valence electrons. The van der Waals surface area contributed by atoms with Gasteiger partial charge in [0, 0.05) is 29.4 Å². The van der Waals surface area contributed by atoms with E-state index in [2.05, 4.69) is 22.1 Å². The number of anilines is 1. The van der Waals surface area contributed by atoms with E-state index in [0.29, 0.717) is 5.82 Å². The molecular formula is C13H16N4O. The van der Waals surface area contributed by atoms with Crippen molar-refractivity contribution in [2.75, 3.05) is 12.3 Å². The molecule has 1 aliphatic rings. The van der Waals surface area contributed by atoms with E-state index in [-0.39, 0.29) is 6.10 Å². The van der Waals surface area contributed by atoms with Crippen LogP contribution >= 0.6 is 0 Å². The van der Waals surface area contributed by atoms with Gasteiger partial charge in [0.1, 0.15) is 5.82 Å². The fourth-order valence-electron chi connectivity index (χ4n) is 2.38. The Labute approximate surface area is 105 Å². The molecule has 0 fully saturated rings. The first-order valence-corrected chi connectivity index (χ1v) is 6.13. The van der Waals surface area contributed by atoms with E-state index in [1.54, 1.807) is 6.20 Å². The standard InChI is InChI=1S/C13H16N4O/c1-8-6-11-10(3-5-18-8)13(17-16-11)9-2-4-15-12(14)7-9/h2,4,7-8H,3,5-6H2,1H3,(H2,14,15)(H,16,17)/t8-/m1/s1. The van der Waals surface area contributed by atoms with Crippen molar-refractivity contribution in [1.29, 1.82) is 0 Å². The lowest BCUT2D eigenvalue weighted by Crippen LogP contribution is -2.10. The number of H-pyrrole nitrogens is 1. The molecule has 3 rings (SSSR count). The summed E-state index contributed by atoms with van der Waals surface area (Å²) >= 11 is 0. The average Bonchev–Trinajstić information content (AvgIpc) is 2.63. The zero-order valence-electron chi connectivity index (χ0n) is 10.3. The molecule has 0 amide bonds. The van der Waals surface area contributed by atoms with Gasteiger partial charge in [0.25, 0.3) is 0 Å². The monoisotopic (exact) mass is 244 g/mol. The van der Waals surface area contributed by atoms with Gasteiger partial charge in [-0.1, -0.05) is 0 Å². The molecule has 3 N–H and O–H groups in total. The van der Waals surface area contributed by atoms with Crippen molar-refractivity contribution in [1.82, 2.24) is 15.2 Å². The van der Waals surface area contributed by atoms with Crippen LogP contribution in [0.4, 0.5) is 5.82 Å². The SMILES string of the molecule is C[C@@H]1Cc2[nH]nc(-c3ccnc(N)c3)c2CCO1. The highest BCUT2D eigenvalue weighted by molar-refractivity contribution is 5.66. The number of nitrogens with two attached hydrogens (primary N) is 1. The quantitative estimate of drug-likeness (QED) is 0.798. The van der Waals surface area contributed by atoms with Crippen LogP contribution in [-0.2, 0) is 17.6 Å². The lowest BCUT2D eigenvalue weighted by Gasteiger charge is -2.06. The molecule has 0 aliphatic carbocycles. The van der Waals surface area contributed by atoms with Crippen LogP contribution in [0.1, 0.15) is 18.2 Å². The van der Waals surface area contributed by atoms with Crippen molar-refractivity contribution in [3.63, 3.8) is 0 Å². The predicted molar refractivity (Wildman–Crippen MR) is 69.1 cm³/mol. The fraction of sp³-hybridized carbons (Fsp3) is 0.385. The van der Waals surface area contributed by atoms with Crippen LogP contribution in [0.2, 0.25) is 0 Å². The Balaban J connectivity index is 2.04. The summed E-state index contributed by atoms with van der Waals surface area (Å²) < 4.78 is 5.67. The van der Waals surface area contributed by atoms with Gasteiger partial charge < -0.3 is 10.5 Å². The largest absolute Gasteiger partial charge is 0.384 e. The zero-order chi connectivity index (χ0) is 12.5. The number of rotatable bonds is 1. The Morgan fingerprint density at radius 3 is 3.22 bits per heavy atom. The van der Waals surface area contributed by atoms with E-state index >= 15 is 0 Å². The van der Waals surface area contributed by atoms with Gasteiger partial charge in [0.2, 0.25) is 0 Å². The number of nitrogen functional groups attached to an aromatic ring is 1. The molecule has 0 bridgehead atoms. The molecule has 0 aromatic carbocycles. The number of pyridine rings is 1. The van der Waals surface area contributed by atoms with Crippen molar-refractivity contribution in [3.8, 4) is 11.3 Å². The number of aromatic nitrogens is 3. The summed E-state index contributed by atoms with van der Waals surface area (Å²) in [6.07, 6.45) is 3.71. The third-order valence-corrected chi connectivity index (χ3v) is 3.25. The molecule has 0 spiro atoms. The second kappa shape index (κ2) is 4.42. The Morgan fingerprint density at radius 2 is 2.39 bits per heavy atom. The number of nitrogens with zero attached hydrogens (tertiary/aromatic N) is 2. The Kier molecular flexibility index (Phi) is 2.76. The van der Waals surface area contributed by atoms with Crippen LogP contribution in [0.25, 0.3) is 11.3 Å². The van der Waals surface area contributed by atoms with E-state index in [0.717, 1.165) is 30.7 Å². The number of aromatic amines is 1. The highest BCUT2D eigenvalue weighted by Crippen LogP contribution is 2.27. The van der Waals surface area contributed by atoms with Gasteiger partial charge >= 0.3 is 0 Å². The molecule has 2 aromatic heterocycles. The van der Waals surface area contributed by atoms with Gasteiger partial charge in [0.15, 0.2) is 0 Å². The van der Waals surface area contributed by atoms with Crippen LogP contribution in [0.15, 0.2) is 18.3 Å². The highest BCUT2D eigenvalue weighted by Gasteiger charge is 2.20. The summed E-state index contributed by atoms with van der Waals surface area (Å²) in [5.74, 6) is 0.516. The first-order valence-electron chi connectivity index (χ1n) is 6.13. The molecule has 0 saturated carbocycles. The maximum Gasteiger partial charge on any atom is 0.123 e. The predicted octanol–water partition coefficient (Wildman–Crippen LogP) is 1.56. The molecular weight excluding hydrogens is 228 g/mol. The van der Waals surface area contributed by atoms with Gasteiger partial charge in [-0.15, -0.1) is 0 Å². The Morgan fingerprint density at radius 1 is 1.50 bits per heavy atom. The molecule has 5 heteroatoms. The number of hydrogen-bond acceptors (Lipinski definition) is 4. The normalized spacial score (nSPS) is 19.3. The van der Waals surface area contributed by atoms with E-state index in [1.807, 2.05) is 12.1 Å². The second-order valence-corrected chi connectivity index (χ2v) is 4.63. The summed E-state index contributed by atoms with van der Waals surface area (Å²) in [5.41, 5.74) is 10.1. The van der Waals surface area contributed by atoms with E-state index in [4.69, 9.17) is 10.5 Å². The van der Waals surface area contributed by atoms with Crippen molar-refractivity contribution in [2.24, 2.45) is 0 Å². The van der Waals surface area contributed by atoms with Crippen molar-refractivity contribution in [2.45, 2.75) is 25.9 Å². The van der Waals surface area contributed by atoms with Crippen LogP contribution in [-0.4, -0.2) is 27.9 Å². The van der Waals surface area contributed by atoms with Gasteiger partial charge in [-0.05, 0) is 25.5 Å². The molecule has 0 unspecified atom stereocenters. The third kappa shape index (κ3) is 1.97. The van der Waals surface area contributed by atoms with Crippen LogP contribution in [0, 0.1) is 0 Å². The van der Waals surface area contributed by atoms with Crippen LogP contribution in [0.5, 0.6) is 0 Å². The lowest BCUT2D eigenvalue weighted by atomic mass is 10.0. The first kappa shape index (κ1) is 11.2. The third-order valence-electron chi connectivity index (χ3n) is 3.25. The number of nitrogens with one attached hydrogen (secondary N) is 1. The molecule has 18 heavy (non-hydrogen) atoms. The second-order valence-electron chi connectivity index (χ2n) is 4.63. The van der Waals surface area contributed by atoms with E-state index in [9.17, 15) is 0 Å². The minimum atomic E-state index is 0.238. The fourth-order valence-corrected chi connectivity index (χ4v) is 2.38. The summed E-state index contributed by atoms with van der Waals surface area (Å²) in [5, 5.41) is 7.54. The average molecular weight is 244 g/mol. The van der Waals surface area contributed by atoms with Crippen LogP contribution in [0.3, 0.4) is 0 Å². The van der Waals surface area contributed by atoms with Crippen LogP contribution < -0.4 is 5.73 Å².